The molecule has 3 rings (SSSR count). The molecule has 1 fully saturated rings. The van der Waals surface area contributed by atoms with Crippen molar-refractivity contribution in [3.63, 3.8) is 0 Å². The van der Waals surface area contributed by atoms with Crippen molar-refractivity contribution in [1.29, 1.82) is 0 Å². The van der Waals surface area contributed by atoms with Gasteiger partial charge in [-0.15, -0.1) is 0 Å². The minimum Gasteiger partial charge on any atom is -0.378 e. The summed E-state index contributed by atoms with van der Waals surface area (Å²) in [6, 6.07) is 7.35. The maximum absolute atomic E-state index is 14.7. The second-order valence-corrected chi connectivity index (χ2v) is 6.79. The first-order valence-electron chi connectivity index (χ1n) is 9.07. The van der Waals surface area contributed by atoms with Gasteiger partial charge in [-0.05, 0) is 36.5 Å². The molecule has 2 aromatic rings. The maximum Gasteiger partial charge on any atom is 0.167 e. The highest BCUT2D eigenvalue weighted by Crippen LogP contribution is 2.35. The molecule has 2 unspecified atom stereocenters. The summed E-state index contributed by atoms with van der Waals surface area (Å²) in [5.41, 5.74) is 0.871. The largest absolute Gasteiger partial charge is 0.378 e. The fourth-order valence-electron chi connectivity index (χ4n) is 3.57. The average molecular weight is 360 g/mol. The van der Waals surface area contributed by atoms with Gasteiger partial charge in [-0.25, -0.2) is 13.2 Å². The molecule has 0 saturated carbocycles. The van der Waals surface area contributed by atoms with Gasteiger partial charge >= 0.3 is 0 Å². The van der Waals surface area contributed by atoms with Crippen LogP contribution in [-0.4, -0.2) is 12.7 Å². The van der Waals surface area contributed by atoms with Crippen LogP contribution in [0.2, 0.25) is 0 Å². The van der Waals surface area contributed by atoms with Gasteiger partial charge in [0, 0.05) is 17.0 Å². The first-order chi connectivity index (χ1) is 12.5. The normalized spacial score (nSPS) is 20.2. The topological polar surface area (TPSA) is 9.23 Å². The van der Waals surface area contributed by atoms with E-state index in [-0.39, 0.29) is 23.1 Å². The zero-order valence-electron chi connectivity index (χ0n) is 14.9. The van der Waals surface area contributed by atoms with Gasteiger partial charge in [-0.2, -0.15) is 0 Å². The molecular weight excluding hydrogens is 337 g/mol. The monoisotopic (exact) mass is 360 g/mol. The van der Waals surface area contributed by atoms with E-state index < -0.39 is 17.5 Å². The Labute approximate surface area is 152 Å². The molecule has 1 heterocycles. The second kappa shape index (κ2) is 8.09. The van der Waals surface area contributed by atoms with Crippen LogP contribution in [0.4, 0.5) is 13.2 Å². The molecule has 0 spiro atoms. The maximum atomic E-state index is 14.7. The molecular formula is C22H23F3O. The van der Waals surface area contributed by atoms with Gasteiger partial charge in [0.25, 0.3) is 0 Å². The third kappa shape index (κ3) is 3.70. The molecule has 138 valence electrons. The van der Waals surface area contributed by atoms with Crippen LogP contribution in [0.3, 0.4) is 0 Å². The summed E-state index contributed by atoms with van der Waals surface area (Å²) < 4.78 is 49.4. The van der Waals surface area contributed by atoms with E-state index in [1.807, 2.05) is 0 Å². The van der Waals surface area contributed by atoms with E-state index in [1.165, 1.54) is 24.3 Å². The summed E-state index contributed by atoms with van der Waals surface area (Å²) in [6.07, 6.45) is 5.36. The molecule has 2 aromatic carbocycles. The Morgan fingerprint density at radius 1 is 1.08 bits per heavy atom. The molecule has 0 aromatic heterocycles. The standard InChI is InChI=1S/C22H23F3O/c1-3-5-16-8-7-15(13-26-16)17-10-11-19(22(25)21(17)24)18-9-6-14(4-2)12-20(18)23/h4,6,9-12,15-16H,2-3,5,7-8,13H2,1H3. The van der Waals surface area contributed by atoms with Gasteiger partial charge in [0.2, 0.25) is 0 Å². The molecule has 0 radical (unpaired) electrons. The van der Waals surface area contributed by atoms with Crippen molar-refractivity contribution >= 4 is 6.08 Å². The molecule has 26 heavy (non-hydrogen) atoms. The Balaban J connectivity index is 1.87. The predicted octanol–water partition coefficient (Wildman–Crippen LogP) is 6.48. The van der Waals surface area contributed by atoms with Crippen molar-refractivity contribution in [2.24, 2.45) is 0 Å². The molecule has 0 aliphatic carbocycles. The lowest BCUT2D eigenvalue weighted by atomic mass is 9.88. The lowest BCUT2D eigenvalue weighted by molar-refractivity contribution is -0.00181. The van der Waals surface area contributed by atoms with Crippen molar-refractivity contribution in [3.8, 4) is 11.1 Å². The molecule has 0 N–H and O–H groups in total. The van der Waals surface area contributed by atoms with E-state index in [0.29, 0.717) is 17.7 Å². The average Bonchev–Trinajstić information content (AvgIpc) is 2.65. The number of hydrogen-bond acceptors (Lipinski definition) is 1. The number of rotatable bonds is 5. The Bertz CT molecular complexity index is 792. The summed E-state index contributed by atoms with van der Waals surface area (Å²) in [6.45, 7) is 6.07. The molecule has 2 atom stereocenters. The fourth-order valence-corrected chi connectivity index (χ4v) is 3.57. The van der Waals surface area contributed by atoms with E-state index in [1.54, 1.807) is 12.1 Å². The second-order valence-electron chi connectivity index (χ2n) is 6.79. The molecule has 1 aliphatic rings. The van der Waals surface area contributed by atoms with E-state index in [9.17, 15) is 13.2 Å². The first-order valence-corrected chi connectivity index (χ1v) is 9.07. The third-order valence-electron chi connectivity index (χ3n) is 5.05. The predicted molar refractivity (Wildman–Crippen MR) is 98.5 cm³/mol. The highest BCUT2D eigenvalue weighted by atomic mass is 19.2. The van der Waals surface area contributed by atoms with Crippen molar-refractivity contribution in [2.45, 2.75) is 44.6 Å². The lowest BCUT2D eigenvalue weighted by Crippen LogP contribution is -2.25. The number of halogens is 3. The van der Waals surface area contributed by atoms with Crippen LogP contribution in [0.25, 0.3) is 17.2 Å². The van der Waals surface area contributed by atoms with Gasteiger partial charge in [-0.3, -0.25) is 0 Å². The molecule has 1 aliphatic heterocycles. The van der Waals surface area contributed by atoms with Crippen molar-refractivity contribution in [3.05, 3.63) is 65.5 Å². The van der Waals surface area contributed by atoms with E-state index >= 15 is 0 Å². The number of benzene rings is 2. The van der Waals surface area contributed by atoms with Crippen molar-refractivity contribution < 1.29 is 17.9 Å². The van der Waals surface area contributed by atoms with Crippen LogP contribution >= 0.6 is 0 Å². The highest BCUT2D eigenvalue weighted by Gasteiger charge is 2.27. The summed E-state index contributed by atoms with van der Waals surface area (Å²) in [7, 11) is 0. The first kappa shape index (κ1) is 18.7. The summed E-state index contributed by atoms with van der Waals surface area (Å²) in [4.78, 5) is 0. The van der Waals surface area contributed by atoms with E-state index in [2.05, 4.69) is 13.5 Å². The quantitative estimate of drug-likeness (QED) is 0.593. The minimum absolute atomic E-state index is 0.0430. The third-order valence-corrected chi connectivity index (χ3v) is 5.05. The SMILES string of the molecule is C=Cc1ccc(-c2ccc(C3CCC(CCC)OC3)c(F)c2F)c(F)c1. The van der Waals surface area contributed by atoms with Gasteiger partial charge in [0.15, 0.2) is 11.6 Å². The van der Waals surface area contributed by atoms with Crippen LogP contribution in [0, 0.1) is 17.5 Å². The zero-order valence-corrected chi connectivity index (χ0v) is 14.9. The summed E-state index contributed by atoms with van der Waals surface area (Å²) in [5.74, 6) is -2.68. The van der Waals surface area contributed by atoms with Crippen LogP contribution in [0.5, 0.6) is 0 Å². The van der Waals surface area contributed by atoms with Gasteiger partial charge in [-0.1, -0.05) is 50.3 Å². The molecule has 4 heteroatoms. The molecule has 1 nitrogen and oxygen atoms in total. The van der Waals surface area contributed by atoms with Gasteiger partial charge in [0.1, 0.15) is 5.82 Å². The van der Waals surface area contributed by atoms with Crippen molar-refractivity contribution in [2.75, 3.05) is 6.61 Å². The number of hydrogen-bond donors (Lipinski definition) is 0. The summed E-state index contributed by atoms with van der Waals surface area (Å²) >= 11 is 0. The Morgan fingerprint density at radius 2 is 1.85 bits per heavy atom. The minimum atomic E-state index is -1.01. The summed E-state index contributed by atoms with van der Waals surface area (Å²) in [5, 5.41) is 0. The zero-order chi connectivity index (χ0) is 18.7. The van der Waals surface area contributed by atoms with Crippen LogP contribution in [-0.2, 0) is 4.74 Å². The van der Waals surface area contributed by atoms with Gasteiger partial charge in [0.05, 0.1) is 12.7 Å². The van der Waals surface area contributed by atoms with Crippen molar-refractivity contribution in [1.82, 2.24) is 0 Å². The Hall–Kier alpha value is -2.07. The molecule has 1 saturated heterocycles. The smallest absolute Gasteiger partial charge is 0.167 e. The van der Waals surface area contributed by atoms with Crippen LogP contribution < -0.4 is 0 Å². The highest BCUT2D eigenvalue weighted by molar-refractivity contribution is 5.67. The van der Waals surface area contributed by atoms with E-state index in [0.717, 1.165) is 25.7 Å². The van der Waals surface area contributed by atoms with Crippen LogP contribution in [0.15, 0.2) is 36.9 Å². The number of ether oxygens (including phenoxy) is 1. The Morgan fingerprint density at radius 3 is 2.46 bits per heavy atom. The van der Waals surface area contributed by atoms with Gasteiger partial charge < -0.3 is 4.74 Å². The van der Waals surface area contributed by atoms with Crippen LogP contribution in [0.1, 0.15) is 49.7 Å². The fraction of sp³-hybridized carbons (Fsp3) is 0.364. The molecule has 0 bridgehead atoms. The molecule has 0 amide bonds. The Kier molecular flexibility index (Phi) is 5.82. The lowest BCUT2D eigenvalue weighted by Gasteiger charge is -2.29. The van der Waals surface area contributed by atoms with E-state index in [4.69, 9.17) is 4.74 Å².